The highest BCUT2D eigenvalue weighted by Crippen LogP contribution is 2.36. The van der Waals surface area contributed by atoms with Crippen molar-refractivity contribution in [3.05, 3.63) is 152 Å². The zero-order chi connectivity index (χ0) is 62.1. The van der Waals surface area contributed by atoms with Crippen LogP contribution in [0.15, 0.2) is 157 Å². The summed E-state index contributed by atoms with van der Waals surface area (Å²) in [5.74, 6) is -3.09. The molecule has 21 heteroatoms. The molecule has 0 aliphatic heterocycles. The van der Waals surface area contributed by atoms with E-state index in [0.717, 1.165) is 68.2 Å². The number of carbonyl (C=O) groups is 6. The Kier molecular flexibility index (Phi) is 24.8. The number of carbonyl (C=O) groups excluding carboxylic acids is 6. The summed E-state index contributed by atoms with van der Waals surface area (Å²) >= 11 is 1.24. The molecule has 0 radical (unpaired) electrons. The van der Waals surface area contributed by atoms with Crippen molar-refractivity contribution < 1.29 is 75.1 Å². The van der Waals surface area contributed by atoms with Gasteiger partial charge in [-0.15, -0.1) is 0 Å². The van der Waals surface area contributed by atoms with Gasteiger partial charge >= 0.3 is 35.8 Å². The number of para-hydroxylation sites is 1. The van der Waals surface area contributed by atoms with Gasteiger partial charge in [-0.25, -0.2) is 28.0 Å². The van der Waals surface area contributed by atoms with Crippen molar-refractivity contribution in [2.75, 3.05) is 37.3 Å². The van der Waals surface area contributed by atoms with Gasteiger partial charge < -0.3 is 37.9 Å². The van der Waals surface area contributed by atoms with Gasteiger partial charge in [0.15, 0.2) is 15.7 Å². The Hall–Kier alpha value is -8.69. The van der Waals surface area contributed by atoms with Crippen molar-refractivity contribution in [1.29, 1.82) is 0 Å². The molecule has 1 heterocycles. The van der Waals surface area contributed by atoms with Gasteiger partial charge in [0.1, 0.15) is 34.5 Å². The molecule has 0 unspecified atom stereocenters. The Morgan fingerprint density at radius 2 is 0.932 bits per heavy atom. The van der Waals surface area contributed by atoms with Gasteiger partial charge in [-0.1, -0.05) is 54.8 Å². The lowest BCUT2D eigenvalue weighted by Crippen LogP contribution is -2.30. The highest BCUT2D eigenvalue weighted by atomic mass is 32.2. The summed E-state index contributed by atoms with van der Waals surface area (Å²) in [5.41, 5.74) is 0.832. The molecule has 0 bridgehead atoms. The van der Waals surface area contributed by atoms with E-state index >= 15 is 0 Å². The topological polar surface area (TPSA) is 239 Å². The van der Waals surface area contributed by atoms with Crippen LogP contribution in [0.3, 0.4) is 0 Å². The second kappa shape index (κ2) is 33.4. The average Bonchev–Trinajstić information content (AvgIpc) is 2.68. The summed E-state index contributed by atoms with van der Waals surface area (Å²) in [5, 5.41) is 6.21. The van der Waals surface area contributed by atoms with Gasteiger partial charge in [0.05, 0.1) is 71.4 Å². The van der Waals surface area contributed by atoms with Crippen molar-refractivity contribution in [1.82, 2.24) is 4.98 Å². The first-order valence-electron chi connectivity index (χ1n) is 29.7. The van der Waals surface area contributed by atoms with E-state index in [4.69, 9.17) is 42.9 Å². The number of nitrogens with zero attached hydrogens (tertiary/aromatic N) is 3. The van der Waals surface area contributed by atoms with E-state index in [1.807, 2.05) is 24.3 Å². The predicted molar refractivity (Wildman–Crippen MR) is 331 cm³/mol. The van der Waals surface area contributed by atoms with Gasteiger partial charge in [-0.05, 0) is 194 Å². The lowest BCUT2D eigenvalue weighted by Gasteiger charge is -2.26. The molecule has 2 aliphatic carbocycles. The minimum absolute atomic E-state index is 0.0663. The normalized spacial score (nSPS) is 16.6. The molecule has 19 nitrogen and oxygen atoms in total. The number of ether oxygens (including phenoxy) is 8. The molecule has 0 N–H and O–H groups in total. The van der Waals surface area contributed by atoms with Crippen molar-refractivity contribution in [3.8, 4) is 34.5 Å². The van der Waals surface area contributed by atoms with Crippen LogP contribution in [0.5, 0.6) is 34.5 Å². The van der Waals surface area contributed by atoms with Crippen molar-refractivity contribution >= 4 is 78.6 Å². The molecule has 88 heavy (non-hydrogen) atoms. The van der Waals surface area contributed by atoms with E-state index in [9.17, 15) is 37.2 Å². The molecule has 0 amide bonds. The molecular weight excluding hydrogens is 1170 g/mol. The third-order valence-corrected chi connectivity index (χ3v) is 17.6. The molecule has 5 aromatic carbocycles. The summed E-state index contributed by atoms with van der Waals surface area (Å²) in [6.07, 6.45) is 13.4. The Bertz CT molecular complexity index is 3430. The zero-order valence-electron chi connectivity index (χ0n) is 49.0. The monoisotopic (exact) mass is 1240 g/mol. The lowest BCUT2D eigenvalue weighted by atomic mass is 9.82. The Morgan fingerprint density at radius 1 is 0.511 bits per heavy atom. The Balaban J connectivity index is 0.868. The SMILES string of the molecule is C=CC(=O)OCCCCCCOc1ccc(OC(=O)[C@H]2CC[C@H](C(=O)Oc3ccc(OC(=O)[C@H]4CC[C@H](C(=O)Oc5ccc(OCCCCCCOC(=O)C=C)cc5)CC4)c(/C=N/N(CS(=O)(=O)c4ccccc4)c4nc5ccccc5s4)c3)CC2)cc1. The standard InChI is InChI=1S/C67H73N3O16S2/c1-3-61(71)81-42-16-7-5-14-40-79-52-30-34-54(35-31-52)83-63(73)47-22-24-49(25-23-47)65(75)85-56-38-39-59(51(44-56)45-68-70(46-88(77,78)57-18-10-9-11-19-57)67-69-58-20-12-13-21-60(58)87-67)86-66(76)50-28-26-48(27-29-50)64(74)84-55-36-32-53(33-37-55)80-41-15-6-8-17-43-82-62(72)4-2/h3-4,9-13,18-21,30-39,44-45,47-50H,1-2,5-8,14-17,22-29,40-43,46H2/b68-45+/t47-,48-,49-,50-. The summed E-state index contributed by atoms with van der Waals surface area (Å²) in [6, 6.07) is 33.5. The van der Waals surface area contributed by atoms with E-state index in [-0.39, 0.29) is 27.1 Å². The van der Waals surface area contributed by atoms with Crippen LogP contribution in [-0.2, 0) is 48.1 Å². The number of aromatic nitrogens is 1. The molecule has 2 aliphatic rings. The van der Waals surface area contributed by atoms with Crippen LogP contribution < -0.4 is 33.4 Å². The van der Waals surface area contributed by atoms with E-state index in [0.29, 0.717) is 106 Å². The van der Waals surface area contributed by atoms with Crippen molar-refractivity contribution in [2.24, 2.45) is 28.8 Å². The Morgan fingerprint density at radius 3 is 1.41 bits per heavy atom. The molecule has 8 rings (SSSR count). The second-order valence-electron chi connectivity index (χ2n) is 21.4. The molecule has 2 fully saturated rings. The molecule has 0 saturated heterocycles. The smallest absolute Gasteiger partial charge is 0.330 e. The maximum Gasteiger partial charge on any atom is 0.330 e. The zero-order valence-corrected chi connectivity index (χ0v) is 50.7. The number of hydrogen-bond acceptors (Lipinski definition) is 20. The third-order valence-electron chi connectivity index (χ3n) is 15.0. The van der Waals surface area contributed by atoms with E-state index in [2.05, 4.69) is 18.3 Å². The number of fused-ring (bicyclic) bond motifs is 1. The molecule has 1 aromatic heterocycles. The number of esters is 6. The molecule has 0 spiro atoms. The number of benzene rings is 5. The van der Waals surface area contributed by atoms with E-state index in [1.165, 1.54) is 52.9 Å². The molecule has 2 saturated carbocycles. The number of rotatable bonds is 32. The summed E-state index contributed by atoms with van der Waals surface area (Å²) in [6.45, 7) is 8.50. The second-order valence-corrected chi connectivity index (χ2v) is 24.3. The van der Waals surface area contributed by atoms with E-state index in [1.54, 1.807) is 66.7 Å². The predicted octanol–water partition coefficient (Wildman–Crippen LogP) is 12.5. The van der Waals surface area contributed by atoms with Crippen LogP contribution >= 0.6 is 11.3 Å². The van der Waals surface area contributed by atoms with Gasteiger partial charge in [-0.2, -0.15) is 5.10 Å². The average molecular weight is 1240 g/mol. The summed E-state index contributed by atoms with van der Waals surface area (Å²) in [7, 11) is -3.97. The Labute approximate surface area is 516 Å². The van der Waals surface area contributed by atoms with Gasteiger partial charge in [0, 0.05) is 17.7 Å². The highest BCUT2D eigenvalue weighted by molar-refractivity contribution is 7.91. The minimum Gasteiger partial charge on any atom is -0.494 e. The lowest BCUT2D eigenvalue weighted by molar-refractivity contribution is -0.145. The maximum absolute atomic E-state index is 14.0. The van der Waals surface area contributed by atoms with Gasteiger partial charge in [0.25, 0.3) is 0 Å². The third kappa shape index (κ3) is 20.2. The number of sulfone groups is 1. The summed E-state index contributed by atoms with van der Waals surface area (Å²) < 4.78 is 73.8. The fraction of sp³-hybridized carbons (Fsp3) is 0.373. The number of hydrogen-bond donors (Lipinski definition) is 0. The van der Waals surface area contributed by atoms with Gasteiger partial charge in [-0.3, -0.25) is 19.2 Å². The number of unbranched alkanes of at least 4 members (excludes halogenated alkanes) is 6. The number of thiazole rings is 1. The number of hydrazone groups is 1. The first-order chi connectivity index (χ1) is 42.7. The van der Waals surface area contributed by atoms with Crippen LogP contribution in [0.25, 0.3) is 10.2 Å². The molecule has 6 aromatic rings. The van der Waals surface area contributed by atoms with Crippen LogP contribution in [0.2, 0.25) is 0 Å². The van der Waals surface area contributed by atoms with Crippen LogP contribution in [0.4, 0.5) is 5.13 Å². The highest BCUT2D eigenvalue weighted by Gasteiger charge is 2.34. The first-order valence-corrected chi connectivity index (χ1v) is 32.2. The first kappa shape index (κ1) is 65.3. The van der Waals surface area contributed by atoms with E-state index < -0.39 is 75.2 Å². The van der Waals surface area contributed by atoms with Crippen LogP contribution in [-0.4, -0.2) is 87.7 Å². The molecule has 0 atom stereocenters. The van der Waals surface area contributed by atoms with Crippen LogP contribution in [0, 0.1) is 23.7 Å². The fourth-order valence-electron chi connectivity index (χ4n) is 9.97. The largest absolute Gasteiger partial charge is 0.494 e. The molecular formula is C67H73N3O16S2. The van der Waals surface area contributed by atoms with Crippen molar-refractivity contribution in [3.63, 3.8) is 0 Å². The number of anilines is 1. The minimum atomic E-state index is -3.97. The fourth-order valence-corrected chi connectivity index (χ4v) is 12.2. The maximum atomic E-state index is 14.0. The summed E-state index contributed by atoms with van der Waals surface area (Å²) in [4.78, 5) is 81.6. The van der Waals surface area contributed by atoms with Crippen LogP contribution in [0.1, 0.15) is 108 Å². The quantitative estimate of drug-likeness (QED) is 0.00952. The molecule has 464 valence electrons. The van der Waals surface area contributed by atoms with Crippen molar-refractivity contribution in [2.45, 2.75) is 108 Å². The van der Waals surface area contributed by atoms with Gasteiger partial charge in [0.2, 0.25) is 5.13 Å².